The Hall–Kier alpha value is -2.91. The summed E-state index contributed by atoms with van der Waals surface area (Å²) in [7, 11) is -2.11. The van der Waals surface area contributed by atoms with Crippen molar-refractivity contribution in [3.63, 3.8) is 0 Å². The lowest BCUT2D eigenvalue weighted by atomic mass is 10.2. The van der Waals surface area contributed by atoms with Crippen LogP contribution in [-0.4, -0.2) is 50.8 Å². The number of anilines is 1. The van der Waals surface area contributed by atoms with Gasteiger partial charge in [-0.2, -0.15) is 4.31 Å². The molecule has 154 valence electrons. The minimum atomic E-state index is -3.64. The predicted octanol–water partition coefficient (Wildman–Crippen LogP) is 1.60. The zero-order valence-corrected chi connectivity index (χ0v) is 16.8. The smallest absolute Gasteiger partial charge is 0.313 e. The third kappa shape index (κ3) is 4.93. The zero-order chi connectivity index (χ0) is 20.9. The molecule has 29 heavy (non-hydrogen) atoms. The number of hydrogen-bond donors (Lipinski definition) is 2. The molecule has 0 spiro atoms. The first-order valence-corrected chi connectivity index (χ1v) is 10.7. The normalized spacial score (nSPS) is 16.9. The number of nitrogens with zero attached hydrogens (tertiary/aromatic N) is 1. The Kier molecular flexibility index (Phi) is 6.50. The molecule has 0 unspecified atom stereocenters. The molecule has 9 heteroatoms. The largest absolute Gasteiger partial charge is 0.497 e. The van der Waals surface area contributed by atoms with E-state index in [9.17, 15) is 18.0 Å². The first-order valence-electron chi connectivity index (χ1n) is 9.22. The number of benzene rings is 2. The van der Waals surface area contributed by atoms with Gasteiger partial charge in [-0.1, -0.05) is 18.2 Å². The summed E-state index contributed by atoms with van der Waals surface area (Å²) in [5.74, 6) is -0.996. The monoisotopic (exact) mass is 417 g/mol. The second-order valence-corrected chi connectivity index (χ2v) is 8.51. The molecule has 8 nitrogen and oxygen atoms in total. The Morgan fingerprint density at radius 2 is 1.76 bits per heavy atom. The number of amides is 2. The van der Waals surface area contributed by atoms with Crippen LogP contribution in [-0.2, 0) is 19.6 Å². The SMILES string of the molecule is COc1ccc(NC(=O)C(=O)NC[C@H]2CCCN2S(=O)(=O)c2ccccc2)cc1. The Labute approximate surface area is 169 Å². The van der Waals surface area contributed by atoms with Crippen LogP contribution in [0.15, 0.2) is 59.5 Å². The Morgan fingerprint density at radius 1 is 1.07 bits per heavy atom. The molecule has 3 rings (SSSR count). The summed E-state index contributed by atoms with van der Waals surface area (Å²) >= 11 is 0. The molecule has 0 aromatic heterocycles. The number of rotatable bonds is 6. The topological polar surface area (TPSA) is 105 Å². The number of hydrogen-bond acceptors (Lipinski definition) is 5. The predicted molar refractivity (Wildman–Crippen MR) is 108 cm³/mol. The zero-order valence-electron chi connectivity index (χ0n) is 16.0. The van der Waals surface area contributed by atoms with Crippen molar-refractivity contribution in [1.29, 1.82) is 0 Å². The number of nitrogens with one attached hydrogen (secondary N) is 2. The number of ether oxygens (including phenoxy) is 1. The van der Waals surface area contributed by atoms with Crippen molar-refractivity contribution >= 4 is 27.5 Å². The highest BCUT2D eigenvalue weighted by Crippen LogP contribution is 2.25. The molecule has 2 aromatic carbocycles. The lowest BCUT2D eigenvalue weighted by Crippen LogP contribution is -2.45. The van der Waals surface area contributed by atoms with Crippen LogP contribution in [0.5, 0.6) is 5.75 Å². The van der Waals surface area contributed by atoms with Crippen molar-refractivity contribution in [2.24, 2.45) is 0 Å². The van der Waals surface area contributed by atoms with Crippen molar-refractivity contribution in [1.82, 2.24) is 9.62 Å². The minimum absolute atomic E-state index is 0.0704. The van der Waals surface area contributed by atoms with Gasteiger partial charge in [-0.3, -0.25) is 9.59 Å². The lowest BCUT2D eigenvalue weighted by Gasteiger charge is -2.24. The summed E-state index contributed by atoms with van der Waals surface area (Å²) in [5.41, 5.74) is 0.458. The molecule has 0 aliphatic carbocycles. The fraction of sp³-hybridized carbons (Fsp3) is 0.300. The summed E-state index contributed by atoms with van der Waals surface area (Å²) in [5, 5.41) is 5.04. The lowest BCUT2D eigenvalue weighted by molar-refractivity contribution is -0.136. The van der Waals surface area contributed by atoms with Crippen LogP contribution in [0.3, 0.4) is 0 Å². The summed E-state index contributed by atoms with van der Waals surface area (Å²) in [6, 6.07) is 14.4. The molecule has 2 amide bonds. The number of carbonyl (C=O) groups is 2. The third-order valence-electron chi connectivity index (χ3n) is 4.73. The van der Waals surface area contributed by atoms with Gasteiger partial charge in [0.05, 0.1) is 12.0 Å². The molecular weight excluding hydrogens is 394 g/mol. The van der Waals surface area contributed by atoms with Gasteiger partial charge in [-0.05, 0) is 49.2 Å². The summed E-state index contributed by atoms with van der Waals surface area (Å²) < 4.78 is 32.1. The highest BCUT2D eigenvalue weighted by Gasteiger charge is 2.35. The van der Waals surface area contributed by atoms with E-state index >= 15 is 0 Å². The molecule has 1 aliphatic rings. The van der Waals surface area contributed by atoms with Crippen molar-refractivity contribution in [3.05, 3.63) is 54.6 Å². The van der Waals surface area contributed by atoms with Gasteiger partial charge < -0.3 is 15.4 Å². The van der Waals surface area contributed by atoms with Gasteiger partial charge in [-0.25, -0.2) is 8.42 Å². The van der Waals surface area contributed by atoms with Crippen molar-refractivity contribution in [2.45, 2.75) is 23.8 Å². The molecule has 0 radical (unpaired) electrons. The third-order valence-corrected chi connectivity index (χ3v) is 6.69. The molecule has 1 fully saturated rings. The molecule has 0 bridgehead atoms. The van der Waals surface area contributed by atoms with E-state index in [2.05, 4.69) is 10.6 Å². The molecule has 0 saturated carbocycles. The van der Waals surface area contributed by atoms with Crippen molar-refractivity contribution in [3.8, 4) is 5.75 Å². The van der Waals surface area contributed by atoms with Crippen LogP contribution < -0.4 is 15.4 Å². The van der Waals surface area contributed by atoms with Crippen molar-refractivity contribution < 1.29 is 22.7 Å². The number of methoxy groups -OCH3 is 1. The van der Waals surface area contributed by atoms with Crippen LogP contribution in [0.25, 0.3) is 0 Å². The van der Waals surface area contributed by atoms with E-state index in [1.807, 2.05) is 0 Å². The maximum absolute atomic E-state index is 12.8. The molecule has 1 saturated heterocycles. The molecule has 1 heterocycles. The fourth-order valence-electron chi connectivity index (χ4n) is 3.21. The minimum Gasteiger partial charge on any atom is -0.497 e. The van der Waals surface area contributed by atoms with Crippen molar-refractivity contribution in [2.75, 3.05) is 25.5 Å². The van der Waals surface area contributed by atoms with E-state index in [1.54, 1.807) is 54.6 Å². The number of sulfonamides is 1. The van der Waals surface area contributed by atoms with Gasteiger partial charge >= 0.3 is 11.8 Å². The maximum atomic E-state index is 12.8. The fourth-order valence-corrected chi connectivity index (χ4v) is 4.92. The molecule has 1 atom stereocenters. The van der Waals surface area contributed by atoms with E-state index < -0.39 is 27.9 Å². The second kappa shape index (κ2) is 9.06. The van der Waals surface area contributed by atoms with Crippen LogP contribution in [0.2, 0.25) is 0 Å². The van der Waals surface area contributed by atoms with Crippen LogP contribution >= 0.6 is 0 Å². The molecule has 2 N–H and O–H groups in total. The average Bonchev–Trinajstić information content (AvgIpc) is 3.22. The van der Waals surface area contributed by atoms with Gasteiger partial charge in [0.1, 0.15) is 5.75 Å². The highest BCUT2D eigenvalue weighted by atomic mass is 32.2. The maximum Gasteiger partial charge on any atom is 0.313 e. The molecular formula is C20H23N3O5S. The first-order chi connectivity index (χ1) is 13.9. The Balaban J connectivity index is 1.58. The second-order valence-electron chi connectivity index (χ2n) is 6.62. The summed E-state index contributed by atoms with van der Waals surface area (Å²) in [4.78, 5) is 24.4. The van der Waals surface area contributed by atoms with Gasteiger partial charge in [0.2, 0.25) is 10.0 Å². The van der Waals surface area contributed by atoms with Crippen LogP contribution in [0.4, 0.5) is 5.69 Å². The van der Waals surface area contributed by atoms with E-state index in [0.29, 0.717) is 30.8 Å². The molecule has 2 aromatic rings. The standard InChI is InChI=1S/C20H23N3O5S/c1-28-17-11-9-15(10-12-17)22-20(25)19(24)21-14-16-6-5-13-23(16)29(26,27)18-7-3-2-4-8-18/h2-4,7-12,16H,5-6,13-14H2,1H3,(H,21,24)(H,22,25)/t16-/m1/s1. The first kappa shape index (κ1) is 20.8. The highest BCUT2D eigenvalue weighted by molar-refractivity contribution is 7.89. The Morgan fingerprint density at radius 3 is 2.41 bits per heavy atom. The van der Waals surface area contributed by atoms with E-state index in [1.165, 1.54) is 11.4 Å². The average molecular weight is 417 g/mol. The van der Waals surface area contributed by atoms with Gasteiger partial charge in [-0.15, -0.1) is 0 Å². The van der Waals surface area contributed by atoms with E-state index in [4.69, 9.17) is 4.74 Å². The summed E-state index contributed by atoms with van der Waals surface area (Å²) in [6.45, 7) is 0.455. The van der Waals surface area contributed by atoms with Crippen LogP contribution in [0, 0.1) is 0 Å². The van der Waals surface area contributed by atoms with Gasteiger partial charge in [0, 0.05) is 24.8 Å². The van der Waals surface area contributed by atoms with E-state index in [-0.39, 0.29) is 11.4 Å². The van der Waals surface area contributed by atoms with Gasteiger partial charge in [0.25, 0.3) is 0 Å². The number of carbonyl (C=O) groups excluding carboxylic acids is 2. The quantitative estimate of drug-likeness (QED) is 0.695. The molecule has 1 aliphatic heterocycles. The summed E-state index contributed by atoms with van der Waals surface area (Å²) in [6.07, 6.45) is 1.32. The Bertz CT molecular complexity index is 961. The van der Waals surface area contributed by atoms with Gasteiger partial charge in [0.15, 0.2) is 0 Å². The van der Waals surface area contributed by atoms with Crippen LogP contribution in [0.1, 0.15) is 12.8 Å². The van der Waals surface area contributed by atoms with E-state index in [0.717, 1.165) is 0 Å².